The zero-order valence-electron chi connectivity index (χ0n) is 12.3. The average Bonchev–Trinajstić information content (AvgIpc) is 2.37. The van der Waals surface area contributed by atoms with Crippen molar-refractivity contribution in [2.75, 3.05) is 6.54 Å². The second kappa shape index (κ2) is 4.71. The number of carbonyl (C=O) groups excluding carboxylic acids is 3. The Balaban J connectivity index is 2.37. The minimum absolute atomic E-state index is 0.167. The van der Waals surface area contributed by atoms with Gasteiger partial charge in [-0.25, -0.2) is 0 Å². The molecule has 8 heteroatoms. The molecule has 2 rings (SSSR count). The van der Waals surface area contributed by atoms with Crippen LogP contribution in [-0.4, -0.2) is 45.7 Å². The summed E-state index contributed by atoms with van der Waals surface area (Å²) >= 11 is 0. The summed E-state index contributed by atoms with van der Waals surface area (Å²) in [5.41, 5.74) is 3.43. The number of hydrogen-bond donors (Lipinski definition) is 3. The lowest BCUT2D eigenvalue weighted by Gasteiger charge is -2.50. The SMILES string of the molecule is CC1CC(C(=O)N2CC(=O)NC(=O)C2(C)C)(C(N)=NO)C1. The van der Waals surface area contributed by atoms with Crippen molar-refractivity contribution in [3.63, 3.8) is 0 Å². The molecule has 0 atom stereocenters. The van der Waals surface area contributed by atoms with Gasteiger partial charge in [0.05, 0.1) is 0 Å². The zero-order chi connectivity index (χ0) is 16.0. The summed E-state index contributed by atoms with van der Waals surface area (Å²) in [6.45, 7) is 4.87. The van der Waals surface area contributed by atoms with E-state index < -0.39 is 28.7 Å². The highest BCUT2D eigenvalue weighted by molar-refractivity contribution is 6.12. The van der Waals surface area contributed by atoms with Crippen LogP contribution in [0.1, 0.15) is 33.6 Å². The number of carbonyl (C=O) groups is 3. The average molecular weight is 296 g/mol. The quantitative estimate of drug-likeness (QED) is 0.206. The number of amides is 3. The van der Waals surface area contributed by atoms with Gasteiger partial charge in [-0.1, -0.05) is 12.1 Å². The fraction of sp³-hybridized carbons (Fsp3) is 0.692. The van der Waals surface area contributed by atoms with Crippen molar-refractivity contribution < 1.29 is 19.6 Å². The highest BCUT2D eigenvalue weighted by Gasteiger charge is 2.57. The van der Waals surface area contributed by atoms with E-state index in [1.165, 1.54) is 4.90 Å². The lowest BCUT2D eigenvalue weighted by molar-refractivity contribution is -0.162. The third-order valence-electron chi connectivity index (χ3n) is 4.43. The molecule has 3 amide bonds. The smallest absolute Gasteiger partial charge is 0.252 e. The molecular weight excluding hydrogens is 276 g/mol. The first-order chi connectivity index (χ1) is 9.65. The van der Waals surface area contributed by atoms with Crippen LogP contribution in [0.15, 0.2) is 5.16 Å². The van der Waals surface area contributed by atoms with Gasteiger partial charge in [0, 0.05) is 0 Å². The summed E-state index contributed by atoms with van der Waals surface area (Å²) < 4.78 is 0. The van der Waals surface area contributed by atoms with Gasteiger partial charge in [0.15, 0.2) is 5.84 Å². The van der Waals surface area contributed by atoms with Gasteiger partial charge in [0.2, 0.25) is 11.8 Å². The molecule has 2 aliphatic rings. The fourth-order valence-electron chi connectivity index (χ4n) is 3.09. The molecule has 0 unspecified atom stereocenters. The first-order valence-electron chi connectivity index (χ1n) is 6.79. The van der Waals surface area contributed by atoms with Gasteiger partial charge in [0.1, 0.15) is 17.5 Å². The second-order valence-corrected chi connectivity index (χ2v) is 6.41. The van der Waals surface area contributed by atoms with E-state index >= 15 is 0 Å². The molecule has 0 bridgehead atoms. The van der Waals surface area contributed by atoms with Crippen molar-refractivity contribution in [1.82, 2.24) is 10.2 Å². The van der Waals surface area contributed by atoms with Crippen LogP contribution in [0.25, 0.3) is 0 Å². The molecule has 1 saturated carbocycles. The van der Waals surface area contributed by atoms with Crippen molar-refractivity contribution >= 4 is 23.6 Å². The van der Waals surface area contributed by atoms with E-state index in [2.05, 4.69) is 10.5 Å². The van der Waals surface area contributed by atoms with Gasteiger partial charge in [-0.05, 0) is 32.6 Å². The number of piperazine rings is 1. The Hall–Kier alpha value is -2.12. The molecule has 116 valence electrons. The maximum absolute atomic E-state index is 12.9. The van der Waals surface area contributed by atoms with E-state index in [4.69, 9.17) is 10.9 Å². The van der Waals surface area contributed by atoms with Crippen molar-refractivity contribution in [3.05, 3.63) is 0 Å². The first kappa shape index (κ1) is 15.3. The van der Waals surface area contributed by atoms with Crippen molar-refractivity contribution in [2.24, 2.45) is 22.2 Å². The van der Waals surface area contributed by atoms with Crippen LogP contribution in [0.2, 0.25) is 0 Å². The number of amidine groups is 1. The summed E-state index contributed by atoms with van der Waals surface area (Å²) in [6.07, 6.45) is 0.869. The van der Waals surface area contributed by atoms with Crippen LogP contribution in [0, 0.1) is 11.3 Å². The molecule has 0 spiro atoms. The molecule has 4 N–H and O–H groups in total. The maximum atomic E-state index is 12.9. The summed E-state index contributed by atoms with van der Waals surface area (Å²) in [6, 6.07) is 0. The van der Waals surface area contributed by atoms with Crippen molar-refractivity contribution in [3.8, 4) is 0 Å². The highest BCUT2D eigenvalue weighted by Crippen LogP contribution is 2.48. The summed E-state index contributed by atoms with van der Waals surface area (Å²) in [7, 11) is 0. The Kier molecular flexibility index (Phi) is 3.43. The Bertz CT molecular complexity index is 534. The van der Waals surface area contributed by atoms with Crippen LogP contribution in [0.5, 0.6) is 0 Å². The van der Waals surface area contributed by atoms with Crippen LogP contribution in [0.3, 0.4) is 0 Å². The van der Waals surface area contributed by atoms with Gasteiger partial charge < -0.3 is 15.8 Å². The van der Waals surface area contributed by atoms with Crippen LogP contribution < -0.4 is 11.1 Å². The van der Waals surface area contributed by atoms with Gasteiger partial charge in [-0.3, -0.25) is 19.7 Å². The molecule has 21 heavy (non-hydrogen) atoms. The van der Waals surface area contributed by atoms with E-state index in [0.29, 0.717) is 12.8 Å². The minimum atomic E-state index is -1.16. The lowest BCUT2D eigenvalue weighted by Crippen LogP contribution is -2.70. The van der Waals surface area contributed by atoms with E-state index in [1.807, 2.05) is 6.92 Å². The van der Waals surface area contributed by atoms with E-state index in [-0.39, 0.29) is 18.3 Å². The summed E-state index contributed by atoms with van der Waals surface area (Å²) in [5, 5.41) is 14.1. The number of oxime groups is 1. The Morgan fingerprint density at radius 1 is 1.43 bits per heavy atom. The lowest BCUT2D eigenvalue weighted by atomic mass is 9.60. The van der Waals surface area contributed by atoms with Gasteiger partial charge in [-0.15, -0.1) is 0 Å². The molecule has 2 fully saturated rings. The number of hydrogen-bond acceptors (Lipinski definition) is 5. The van der Waals surface area contributed by atoms with E-state index in [9.17, 15) is 14.4 Å². The molecule has 1 saturated heterocycles. The molecule has 0 radical (unpaired) electrons. The van der Waals surface area contributed by atoms with E-state index in [0.717, 1.165) is 0 Å². The summed E-state index contributed by atoms with van der Waals surface area (Å²) in [5.74, 6) is -1.42. The molecular formula is C13H20N4O4. The molecule has 8 nitrogen and oxygen atoms in total. The van der Waals surface area contributed by atoms with Gasteiger partial charge in [-0.2, -0.15) is 0 Å². The molecule has 0 aromatic carbocycles. The second-order valence-electron chi connectivity index (χ2n) is 6.41. The third kappa shape index (κ3) is 2.14. The van der Waals surface area contributed by atoms with E-state index in [1.54, 1.807) is 13.8 Å². The Morgan fingerprint density at radius 3 is 2.48 bits per heavy atom. The van der Waals surface area contributed by atoms with Gasteiger partial charge in [0.25, 0.3) is 5.91 Å². The minimum Gasteiger partial charge on any atom is -0.409 e. The van der Waals surface area contributed by atoms with Crippen LogP contribution >= 0.6 is 0 Å². The highest BCUT2D eigenvalue weighted by atomic mass is 16.4. The number of nitrogens with zero attached hydrogens (tertiary/aromatic N) is 2. The molecule has 1 heterocycles. The number of nitrogens with one attached hydrogen (secondary N) is 1. The fourth-order valence-corrected chi connectivity index (χ4v) is 3.09. The van der Waals surface area contributed by atoms with Gasteiger partial charge >= 0.3 is 0 Å². The standard InChI is InChI=1S/C13H20N4O4/c1-7-4-13(5-7,9(14)16-21)11(20)17-6-8(18)15-10(19)12(17,2)3/h7,21H,4-6H2,1-3H3,(H2,14,16)(H,15,18,19). The van der Waals surface area contributed by atoms with Crippen LogP contribution in [0.4, 0.5) is 0 Å². The molecule has 1 aliphatic heterocycles. The molecule has 1 aliphatic carbocycles. The normalized spacial score (nSPS) is 32.4. The topological polar surface area (TPSA) is 125 Å². The summed E-state index contributed by atoms with van der Waals surface area (Å²) in [4.78, 5) is 37.6. The molecule has 0 aromatic rings. The number of rotatable bonds is 2. The monoisotopic (exact) mass is 296 g/mol. The first-order valence-corrected chi connectivity index (χ1v) is 6.79. The largest absolute Gasteiger partial charge is 0.409 e. The predicted molar refractivity (Wildman–Crippen MR) is 73.2 cm³/mol. The Morgan fingerprint density at radius 2 is 2.00 bits per heavy atom. The van der Waals surface area contributed by atoms with Crippen molar-refractivity contribution in [2.45, 2.75) is 39.2 Å². The number of imide groups is 1. The van der Waals surface area contributed by atoms with Crippen LogP contribution in [-0.2, 0) is 14.4 Å². The zero-order valence-corrected chi connectivity index (χ0v) is 12.3. The number of nitrogens with two attached hydrogens (primary N) is 1. The van der Waals surface area contributed by atoms with Crippen molar-refractivity contribution in [1.29, 1.82) is 0 Å². The Labute approximate surface area is 122 Å². The maximum Gasteiger partial charge on any atom is 0.252 e. The third-order valence-corrected chi connectivity index (χ3v) is 4.43. The predicted octanol–water partition coefficient (Wildman–Crippen LogP) is -0.587. The molecule has 0 aromatic heterocycles.